The van der Waals surface area contributed by atoms with Crippen LogP contribution in [-0.4, -0.2) is 66.5 Å². The summed E-state index contributed by atoms with van der Waals surface area (Å²) in [6.07, 6.45) is 8.59. The quantitative estimate of drug-likeness (QED) is 0.691. The molecule has 0 radical (unpaired) electrons. The van der Waals surface area contributed by atoms with Crippen LogP contribution in [0.15, 0.2) is 36.7 Å². The highest BCUT2D eigenvalue weighted by Crippen LogP contribution is 2.28. The van der Waals surface area contributed by atoms with Crippen LogP contribution in [0.1, 0.15) is 38.6 Å². The number of unbranched alkanes of at least 4 members (excludes halogenated alkanes) is 1. The molecule has 2 aliphatic heterocycles. The van der Waals surface area contributed by atoms with Gasteiger partial charge in [0.15, 0.2) is 0 Å². The number of hydrogen-bond acceptors (Lipinski definition) is 5. The highest BCUT2D eigenvalue weighted by molar-refractivity contribution is 5.57. The van der Waals surface area contributed by atoms with Gasteiger partial charge in [-0.05, 0) is 70.0 Å². The van der Waals surface area contributed by atoms with Crippen LogP contribution in [0.4, 0.5) is 0 Å². The molecule has 0 unspecified atom stereocenters. The topological polar surface area (TPSA) is 51.5 Å². The van der Waals surface area contributed by atoms with E-state index in [0.717, 1.165) is 82.4 Å². The zero-order valence-electron chi connectivity index (χ0n) is 17.6. The molecule has 1 aromatic heterocycles. The Labute approximate surface area is 174 Å². The van der Waals surface area contributed by atoms with E-state index in [9.17, 15) is 0 Å². The van der Waals surface area contributed by atoms with Gasteiger partial charge in [-0.2, -0.15) is 0 Å². The first kappa shape index (κ1) is 20.4. The van der Waals surface area contributed by atoms with Gasteiger partial charge in [0.1, 0.15) is 11.6 Å². The van der Waals surface area contributed by atoms with Gasteiger partial charge in [0.2, 0.25) is 0 Å². The average molecular weight is 399 g/mol. The number of rotatable bonds is 8. The Kier molecular flexibility index (Phi) is 7.19. The molecule has 0 saturated carbocycles. The minimum absolute atomic E-state index is 0.520. The maximum atomic E-state index is 5.95. The summed E-state index contributed by atoms with van der Waals surface area (Å²) in [5.41, 5.74) is 1.15. The SMILES string of the molecule is C[C@H]1C[C@H](n2ccnc2-c2ccc(OCCCCN3CCOCC3)cc2)CCN1. The molecule has 0 bridgehead atoms. The van der Waals surface area contributed by atoms with Gasteiger partial charge in [-0.1, -0.05) is 0 Å². The smallest absolute Gasteiger partial charge is 0.140 e. The molecular formula is C23H34N4O2. The first-order valence-electron chi connectivity index (χ1n) is 11.1. The van der Waals surface area contributed by atoms with Crippen molar-refractivity contribution < 1.29 is 9.47 Å². The van der Waals surface area contributed by atoms with Gasteiger partial charge in [-0.3, -0.25) is 4.90 Å². The fraction of sp³-hybridized carbons (Fsp3) is 0.609. The molecule has 2 atom stereocenters. The van der Waals surface area contributed by atoms with E-state index in [1.807, 2.05) is 6.20 Å². The number of morpholine rings is 1. The van der Waals surface area contributed by atoms with E-state index in [1.54, 1.807) is 0 Å². The normalized spacial score (nSPS) is 23.2. The molecule has 158 valence electrons. The maximum Gasteiger partial charge on any atom is 0.140 e. The number of aromatic nitrogens is 2. The number of nitrogens with zero attached hydrogens (tertiary/aromatic N) is 3. The highest BCUT2D eigenvalue weighted by Gasteiger charge is 2.22. The molecule has 29 heavy (non-hydrogen) atoms. The van der Waals surface area contributed by atoms with E-state index in [2.05, 4.69) is 57.2 Å². The molecule has 2 aliphatic rings. The Balaban J connectivity index is 1.26. The molecule has 2 saturated heterocycles. The number of nitrogens with one attached hydrogen (secondary N) is 1. The van der Waals surface area contributed by atoms with Crippen molar-refractivity contribution in [3.8, 4) is 17.1 Å². The van der Waals surface area contributed by atoms with Crippen molar-refractivity contribution in [3.05, 3.63) is 36.7 Å². The summed E-state index contributed by atoms with van der Waals surface area (Å²) >= 11 is 0. The molecule has 6 nitrogen and oxygen atoms in total. The molecule has 2 aromatic rings. The minimum atomic E-state index is 0.520. The summed E-state index contributed by atoms with van der Waals surface area (Å²) in [5.74, 6) is 2.00. The van der Waals surface area contributed by atoms with E-state index in [4.69, 9.17) is 9.47 Å². The average Bonchev–Trinajstić information content (AvgIpc) is 3.25. The van der Waals surface area contributed by atoms with Crippen LogP contribution in [0.5, 0.6) is 5.75 Å². The third-order valence-electron chi connectivity index (χ3n) is 6.01. The van der Waals surface area contributed by atoms with Crippen molar-refractivity contribution in [2.24, 2.45) is 0 Å². The summed E-state index contributed by atoms with van der Waals surface area (Å²) in [7, 11) is 0. The molecular weight excluding hydrogens is 364 g/mol. The molecule has 0 aliphatic carbocycles. The molecule has 1 N–H and O–H groups in total. The first-order chi connectivity index (χ1) is 14.3. The Morgan fingerprint density at radius 3 is 2.79 bits per heavy atom. The molecule has 1 aromatic carbocycles. The number of piperidine rings is 1. The molecule has 2 fully saturated rings. The van der Waals surface area contributed by atoms with E-state index in [-0.39, 0.29) is 0 Å². The monoisotopic (exact) mass is 398 g/mol. The van der Waals surface area contributed by atoms with Gasteiger partial charge in [0.05, 0.1) is 19.8 Å². The number of imidazole rings is 1. The van der Waals surface area contributed by atoms with Crippen molar-refractivity contribution in [2.45, 2.75) is 44.7 Å². The zero-order valence-corrected chi connectivity index (χ0v) is 17.6. The molecule has 0 spiro atoms. The number of hydrogen-bond donors (Lipinski definition) is 1. The summed E-state index contributed by atoms with van der Waals surface area (Å²) in [6, 6.07) is 9.48. The predicted molar refractivity (Wildman–Crippen MR) is 115 cm³/mol. The van der Waals surface area contributed by atoms with Gasteiger partial charge in [0, 0.05) is 43.1 Å². The second-order valence-electron chi connectivity index (χ2n) is 8.23. The van der Waals surface area contributed by atoms with Gasteiger partial charge >= 0.3 is 0 Å². The lowest BCUT2D eigenvalue weighted by molar-refractivity contribution is 0.0368. The lowest BCUT2D eigenvalue weighted by Crippen LogP contribution is -2.36. The number of benzene rings is 1. The molecule has 6 heteroatoms. The van der Waals surface area contributed by atoms with E-state index in [1.165, 1.54) is 6.42 Å². The Hall–Kier alpha value is -1.89. The fourth-order valence-electron chi connectivity index (χ4n) is 4.34. The summed E-state index contributed by atoms with van der Waals surface area (Å²) in [4.78, 5) is 7.11. The van der Waals surface area contributed by atoms with Crippen LogP contribution in [0, 0.1) is 0 Å². The fourth-order valence-corrected chi connectivity index (χ4v) is 4.34. The largest absolute Gasteiger partial charge is 0.494 e. The van der Waals surface area contributed by atoms with Crippen LogP contribution in [0.2, 0.25) is 0 Å². The summed E-state index contributed by atoms with van der Waals surface area (Å²) in [5, 5.41) is 3.53. The van der Waals surface area contributed by atoms with E-state index in [0.29, 0.717) is 12.1 Å². The van der Waals surface area contributed by atoms with Crippen LogP contribution >= 0.6 is 0 Å². The predicted octanol–water partition coefficient (Wildman–Crippen LogP) is 3.35. The highest BCUT2D eigenvalue weighted by atomic mass is 16.5. The van der Waals surface area contributed by atoms with Crippen molar-refractivity contribution in [1.29, 1.82) is 0 Å². The summed E-state index contributed by atoms with van der Waals surface area (Å²) < 4.78 is 13.7. The van der Waals surface area contributed by atoms with Gasteiger partial charge in [-0.25, -0.2) is 4.98 Å². The lowest BCUT2D eigenvalue weighted by atomic mass is 10.00. The second-order valence-corrected chi connectivity index (χ2v) is 8.23. The van der Waals surface area contributed by atoms with E-state index >= 15 is 0 Å². The van der Waals surface area contributed by atoms with E-state index < -0.39 is 0 Å². The first-order valence-corrected chi connectivity index (χ1v) is 11.1. The Bertz CT molecular complexity index is 740. The zero-order chi connectivity index (χ0) is 19.9. The minimum Gasteiger partial charge on any atom is -0.494 e. The van der Waals surface area contributed by atoms with Crippen LogP contribution in [-0.2, 0) is 4.74 Å². The molecule has 4 rings (SSSR count). The van der Waals surface area contributed by atoms with Gasteiger partial charge < -0.3 is 19.4 Å². The second kappa shape index (κ2) is 10.2. The molecule has 3 heterocycles. The number of ether oxygens (including phenoxy) is 2. The lowest BCUT2D eigenvalue weighted by Gasteiger charge is -2.30. The van der Waals surface area contributed by atoms with Crippen molar-refractivity contribution in [2.75, 3.05) is 46.0 Å². The van der Waals surface area contributed by atoms with Crippen molar-refractivity contribution >= 4 is 0 Å². The van der Waals surface area contributed by atoms with Crippen LogP contribution in [0.3, 0.4) is 0 Å². The van der Waals surface area contributed by atoms with Gasteiger partial charge in [-0.15, -0.1) is 0 Å². The standard InChI is InChI=1S/C23H34N4O2/c1-19-18-21(8-9-24-19)27-12-10-25-23(27)20-4-6-22(7-5-20)29-15-3-2-11-26-13-16-28-17-14-26/h4-7,10,12,19,21,24H,2-3,8-9,11,13-18H2,1H3/t19-,21+/m0/s1. The van der Waals surface area contributed by atoms with Gasteiger partial charge in [0.25, 0.3) is 0 Å². The Morgan fingerprint density at radius 2 is 2.00 bits per heavy atom. The third-order valence-corrected chi connectivity index (χ3v) is 6.01. The maximum absolute atomic E-state index is 5.95. The summed E-state index contributed by atoms with van der Waals surface area (Å²) in [6.45, 7) is 9.12. The Morgan fingerprint density at radius 1 is 1.17 bits per heavy atom. The third kappa shape index (κ3) is 5.59. The van der Waals surface area contributed by atoms with Crippen molar-refractivity contribution in [3.63, 3.8) is 0 Å². The van der Waals surface area contributed by atoms with Crippen molar-refractivity contribution in [1.82, 2.24) is 19.8 Å². The van der Waals surface area contributed by atoms with Crippen LogP contribution < -0.4 is 10.1 Å². The van der Waals surface area contributed by atoms with Crippen LogP contribution in [0.25, 0.3) is 11.4 Å². The molecule has 0 amide bonds.